The Morgan fingerprint density at radius 1 is 1.37 bits per heavy atom. The van der Waals surface area contributed by atoms with Gasteiger partial charge in [-0.05, 0) is 55.3 Å². The van der Waals surface area contributed by atoms with Crippen LogP contribution in [0, 0.1) is 0 Å². The number of pyridine rings is 1. The van der Waals surface area contributed by atoms with Crippen molar-refractivity contribution in [3.63, 3.8) is 0 Å². The Labute approximate surface area is 124 Å². The smallest absolute Gasteiger partial charge is 0.0545 e. The molecule has 106 valence electrons. The van der Waals surface area contributed by atoms with Crippen LogP contribution in [-0.4, -0.2) is 34.1 Å². The summed E-state index contributed by atoms with van der Waals surface area (Å²) in [4.78, 5) is 7.08. The molecule has 2 heterocycles. The average molecular weight is 326 g/mol. The molecule has 0 spiro atoms. The van der Waals surface area contributed by atoms with Crippen LogP contribution in [0.25, 0.3) is 0 Å². The van der Waals surface area contributed by atoms with E-state index in [2.05, 4.69) is 71.0 Å². The zero-order valence-electron chi connectivity index (χ0n) is 12.3. The molecule has 1 N–H and O–H groups in total. The summed E-state index contributed by atoms with van der Waals surface area (Å²) in [5.41, 5.74) is 1.52. The highest BCUT2D eigenvalue weighted by atomic mass is 79.9. The summed E-state index contributed by atoms with van der Waals surface area (Å²) in [5.74, 6) is 0. The molecule has 4 heteroatoms. The van der Waals surface area contributed by atoms with Crippen molar-refractivity contribution in [1.82, 2.24) is 15.2 Å². The summed E-state index contributed by atoms with van der Waals surface area (Å²) in [6.45, 7) is 12.1. The number of nitrogens with zero attached hydrogens (tertiary/aromatic N) is 2. The molecule has 1 aliphatic heterocycles. The third kappa shape index (κ3) is 3.56. The standard InChI is InChI=1S/C15H24BrN3/c1-5-15(4)10-18-14(2,3)11-19(15)9-13-7-6-12(16)8-17-13/h6-8,18H,5,9-11H2,1-4H3. The predicted molar refractivity (Wildman–Crippen MR) is 83.1 cm³/mol. The van der Waals surface area contributed by atoms with Crippen LogP contribution < -0.4 is 5.32 Å². The molecule has 1 fully saturated rings. The maximum absolute atomic E-state index is 4.51. The van der Waals surface area contributed by atoms with Gasteiger partial charge < -0.3 is 5.32 Å². The Hall–Kier alpha value is -0.450. The van der Waals surface area contributed by atoms with Gasteiger partial charge in [-0.2, -0.15) is 0 Å². The summed E-state index contributed by atoms with van der Waals surface area (Å²) in [7, 11) is 0. The minimum Gasteiger partial charge on any atom is -0.309 e. The number of halogens is 1. The van der Waals surface area contributed by atoms with Crippen LogP contribution in [0.15, 0.2) is 22.8 Å². The first-order valence-electron chi connectivity index (χ1n) is 6.95. The number of hydrogen-bond acceptors (Lipinski definition) is 3. The van der Waals surface area contributed by atoms with Crippen LogP contribution in [0.5, 0.6) is 0 Å². The van der Waals surface area contributed by atoms with E-state index in [1.807, 2.05) is 6.20 Å². The van der Waals surface area contributed by atoms with Gasteiger partial charge in [0.25, 0.3) is 0 Å². The van der Waals surface area contributed by atoms with Gasteiger partial charge in [0.1, 0.15) is 0 Å². The van der Waals surface area contributed by atoms with E-state index in [4.69, 9.17) is 0 Å². The second-order valence-corrected chi connectivity index (χ2v) is 7.33. The van der Waals surface area contributed by atoms with Crippen molar-refractivity contribution < 1.29 is 0 Å². The third-order valence-electron chi connectivity index (χ3n) is 4.20. The quantitative estimate of drug-likeness (QED) is 0.925. The van der Waals surface area contributed by atoms with E-state index >= 15 is 0 Å². The van der Waals surface area contributed by atoms with Crippen LogP contribution in [0.4, 0.5) is 0 Å². The van der Waals surface area contributed by atoms with E-state index in [-0.39, 0.29) is 11.1 Å². The first-order valence-corrected chi connectivity index (χ1v) is 7.74. The summed E-state index contributed by atoms with van der Waals surface area (Å²) in [6.07, 6.45) is 3.03. The molecule has 1 atom stereocenters. The van der Waals surface area contributed by atoms with Gasteiger partial charge in [-0.15, -0.1) is 0 Å². The zero-order valence-corrected chi connectivity index (χ0v) is 13.9. The van der Waals surface area contributed by atoms with Crippen LogP contribution >= 0.6 is 15.9 Å². The van der Waals surface area contributed by atoms with E-state index < -0.39 is 0 Å². The fraction of sp³-hybridized carbons (Fsp3) is 0.667. The molecule has 0 aliphatic carbocycles. The lowest BCUT2D eigenvalue weighted by Gasteiger charge is -2.51. The fourth-order valence-electron chi connectivity index (χ4n) is 2.56. The van der Waals surface area contributed by atoms with Gasteiger partial charge in [-0.3, -0.25) is 9.88 Å². The highest BCUT2D eigenvalue weighted by molar-refractivity contribution is 9.10. The predicted octanol–water partition coefficient (Wildman–Crippen LogP) is 3.20. The second-order valence-electron chi connectivity index (χ2n) is 6.41. The molecule has 0 aromatic carbocycles. The van der Waals surface area contributed by atoms with E-state index in [1.165, 1.54) is 0 Å². The molecule has 19 heavy (non-hydrogen) atoms. The van der Waals surface area contributed by atoms with Crippen molar-refractivity contribution in [3.05, 3.63) is 28.5 Å². The molecule has 1 aromatic rings. The van der Waals surface area contributed by atoms with Crippen molar-refractivity contribution in [2.24, 2.45) is 0 Å². The molecule has 0 saturated carbocycles. The van der Waals surface area contributed by atoms with Crippen molar-refractivity contribution in [1.29, 1.82) is 0 Å². The fourth-order valence-corrected chi connectivity index (χ4v) is 2.79. The van der Waals surface area contributed by atoms with Crippen molar-refractivity contribution >= 4 is 15.9 Å². The molecule has 1 unspecified atom stereocenters. The van der Waals surface area contributed by atoms with Gasteiger partial charge in [-0.1, -0.05) is 6.92 Å². The van der Waals surface area contributed by atoms with E-state index in [1.54, 1.807) is 0 Å². The molecule has 0 radical (unpaired) electrons. The number of hydrogen-bond donors (Lipinski definition) is 1. The Morgan fingerprint density at radius 3 is 2.68 bits per heavy atom. The lowest BCUT2D eigenvalue weighted by atomic mass is 9.88. The van der Waals surface area contributed by atoms with Gasteiger partial charge in [0, 0.05) is 41.4 Å². The van der Waals surface area contributed by atoms with Crippen LogP contribution in [-0.2, 0) is 6.54 Å². The summed E-state index contributed by atoms with van der Waals surface area (Å²) in [6, 6.07) is 4.17. The second kappa shape index (κ2) is 5.51. The van der Waals surface area contributed by atoms with Gasteiger partial charge >= 0.3 is 0 Å². The largest absolute Gasteiger partial charge is 0.309 e. The first-order chi connectivity index (χ1) is 8.85. The SMILES string of the molecule is CCC1(C)CNC(C)(C)CN1Cc1ccc(Br)cn1. The molecule has 1 saturated heterocycles. The summed E-state index contributed by atoms with van der Waals surface area (Å²) >= 11 is 3.44. The van der Waals surface area contributed by atoms with Crippen LogP contribution in [0.2, 0.25) is 0 Å². The maximum atomic E-state index is 4.51. The Kier molecular flexibility index (Phi) is 4.33. The summed E-state index contributed by atoms with van der Waals surface area (Å²) in [5, 5.41) is 3.66. The lowest BCUT2D eigenvalue weighted by Crippen LogP contribution is -2.66. The molecule has 2 rings (SSSR count). The maximum Gasteiger partial charge on any atom is 0.0545 e. The first kappa shape index (κ1) is 14.9. The molecular formula is C15H24BrN3. The Morgan fingerprint density at radius 2 is 2.11 bits per heavy atom. The zero-order chi connectivity index (χ0) is 14.1. The molecule has 1 aromatic heterocycles. The van der Waals surface area contributed by atoms with Crippen molar-refractivity contribution in [2.45, 2.75) is 51.7 Å². The van der Waals surface area contributed by atoms with Crippen molar-refractivity contribution in [3.8, 4) is 0 Å². The van der Waals surface area contributed by atoms with Gasteiger partial charge in [0.2, 0.25) is 0 Å². The highest BCUT2D eigenvalue weighted by Crippen LogP contribution is 2.28. The topological polar surface area (TPSA) is 28.2 Å². The van der Waals surface area contributed by atoms with Crippen LogP contribution in [0.1, 0.15) is 39.8 Å². The number of nitrogens with one attached hydrogen (secondary N) is 1. The minimum atomic E-state index is 0.171. The highest BCUT2D eigenvalue weighted by Gasteiger charge is 2.39. The molecule has 3 nitrogen and oxygen atoms in total. The molecule has 1 aliphatic rings. The number of aromatic nitrogens is 1. The lowest BCUT2D eigenvalue weighted by molar-refractivity contribution is 0.0166. The molecular weight excluding hydrogens is 302 g/mol. The number of rotatable bonds is 3. The minimum absolute atomic E-state index is 0.171. The Bertz CT molecular complexity index is 430. The van der Waals surface area contributed by atoms with Gasteiger partial charge in [-0.25, -0.2) is 0 Å². The number of piperazine rings is 1. The van der Waals surface area contributed by atoms with Gasteiger partial charge in [0.05, 0.1) is 5.69 Å². The monoisotopic (exact) mass is 325 g/mol. The van der Waals surface area contributed by atoms with Crippen LogP contribution in [0.3, 0.4) is 0 Å². The van der Waals surface area contributed by atoms with E-state index in [9.17, 15) is 0 Å². The normalized spacial score (nSPS) is 27.4. The molecule has 0 amide bonds. The van der Waals surface area contributed by atoms with E-state index in [0.29, 0.717) is 0 Å². The Balaban J connectivity index is 2.16. The van der Waals surface area contributed by atoms with Gasteiger partial charge in [0.15, 0.2) is 0 Å². The average Bonchev–Trinajstić information content (AvgIpc) is 2.37. The van der Waals surface area contributed by atoms with Crippen molar-refractivity contribution in [2.75, 3.05) is 13.1 Å². The summed E-state index contributed by atoms with van der Waals surface area (Å²) < 4.78 is 1.04. The molecule has 0 bridgehead atoms. The van der Waals surface area contributed by atoms with E-state index in [0.717, 1.165) is 36.2 Å². The third-order valence-corrected chi connectivity index (χ3v) is 4.67.